The Kier molecular flexibility index (Phi) is 5.39. The molecule has 2 atom stereocenters. The predicted molar refractivity (Wildman–Crippen MR) is 92.1 cm³/mol. The number of amides is 1. The van der Waals surface area contributed by atoms with Crippen LogP contribution in [-0.2, 0) is 0 Å². The van der Waals surface area contributed by atoms with E-state index < -0.39 is 0 Å². The summed E-state index contributed by atoms with van der Waals surface area (Å²) >= 11 is 1.94. The van der Waals surface area contributed by atoms with E-state index in [4.69, 9.17) is 5.73 Å². The van der Waals surface area contributed by atoms with Gasteiger partial charge in [0.25, 0.3) is 5.91 Å². The van der Waals surface area contributed by atoms with Crippen molar-refractivity contribution in [1.82, 2.24) is 4.90 Å². The van der Waals surface area contributed by atoms with Gasteiger partial charge in [0.2, 0.25) is 0 Å². The maximum Gasteiger partial charge on any atom is 0.253 e. The van der Waals surface area contributed by atoms with Crippen molar-refractivity contribution in [2.75, 3.05) is 31.4 Å². The third-order valence-corrected chi connectivity index (χ3v) is 5.12. The number of nitrogen functional groups attached to an aromatic ring is 1. The SMILES string of the molecule is CSC1CCCC(Nc2cc(C(=O)N(C)C)ccc2N)C1. The van der Waals surface area contributed by atoms with Gasteiger partial charge in [0, 0.05) is 31.0 Å². The van der Waals surface area contributed by atoms with E-state index >= 15 is 0 Å². The van der Waals surface area contributed by atoms with E-state index in [9.17, 15) is 4.79 Å². The third-order valence-electron chi connectivity index (χ3n) is 4.03. The zero-order valence-corrected chi connectivity index (χ0v) is 13.9. The van der Waals surface area contributed by atoms with Crippen molar-refractivity contribution in [2.45, 2.75) is 37.0 Å². The van der Waals surface area contributed by atoms with Crippen LogP contribution in [0.3, 0.4) is 0 Å². The first-order valence-corrected chi connectivity index (χ1v) is 8.70. The lowest BCUT2D eigenvalue weighted by Crippen LogP contribution is -2.29. The lowest BCUT2D eigenvalue weighted by atomic mass is 9.94. The molecule has 0 aliphatic heterocycles. The van der Waals surface area contributed by atoms with Gasteiger partial charge in [0.05, 0.1) is 11.4 Å². The molecule has 4 nitrogen and oxygen atoms in total. The summed E-state index contributed by atoms with van der Waals surface area (Å²) in [6.45, 7) is 0. The molecule has 0 saturated heterocycles. The van der Waals surface area contributed by atoms with E-state index in [0.29, 0.717) is 17.3 Å². The molecular formula is C16H25N3OS. The molecule has 0 aromatic heterocycles. The van der Waals surface area contributed by atoms with Gasteiger partial charge in [-0.2, -0.15) is 11.8 Å². The molecule has 1 saturated carbocycles. The highest BCUT2D eigenvalue weighted by Crippen LogP contribution is 2.30. The van der Waals surface area contributed by atoms with Crippen molar-refractivity contribution in [3.63, 3.8) is 0 Å². The second-order valence-electron chi connectivity index (χ2n) is 5.87. The first-order valence-electron chi connectivity index (χ1n) is 7.41. The van der Waals surface area contributed by atoms with Crippen molar-refractivity contribution in [3.8, 4) is 0 Å². The quantitative estimate of drug-likeness (QED) is 0.839. The highest BCUT2D eigenvalue weighted by molar-refractivity contribution is 7.99. The molecule has 0 bridgehead atoms. The monoisotopic (exact) mass is 307 g/mol. The molecule has 1 aliphatic carbocycles. The topological polar surface area (TPSA) is 58.4 Å². The molecule has 1 fully saturated rings. The molecule has 2 rings (SSSR count). The first kappa shape index (κ1) is 16.0. The lowest BCUT2D eigenvalue weighted by Gasteiger charge is -2.30. The van der Waals surface area contributed by atoms with Crippen LogP contribution >= 0.6 is 11.8 Å². The number of hydrogen-bond acceptors (Lipinski definition) is 4. The number of thioether (sulfide) groups is 1. The van der Waals surface area contributed by atoms with Crippen LogP contribution in [0.1, 0.15) is 36.0 Å². The van der Waals surface area contributed by atoms with Gasteiger partial charge < -0.3 is 16.0 Å². The Hall–Kier alpha value is -1.36. The zero-order valence-electron chi connectivity index (χ0n) is 13.1. The average Bonchev–Trinajstić information content (AvgIpc) is 2.49. The van der Waals surface area contributed by atoms with Crippen molar-refractivity contribution in [1.29, 1.82) is 0 Å². The molecule has 0 heterocycles. The fourth-order valence-electron chi connectivity index (χ4n) is 2.78. The average molecular weight is 307 g/mol. The van der Waals surface area contributed by atoms with Gasteiger partial charge in [-0.1, -0.05) is 6.42 Å². The van der Waals surface area contributed by atoms with Crippen LogP contribution in [0.2, 0.25) is 0 Å². The number of anilines is 2. The summed E-state index contributed by atoms with van der Waals surface area (Å²) in [5.74, 6) is 0.00341. The van der Waals surface area contributed by atoms with Crippen LogP contribution in [0.5, 0.6) is 0 Å². The molecule has 21 heavy (non-hydrogen) atoms. The Morgan fingerprint density at radius 2 is 2.14 bits per heavy atom. The van der Waals surface area contributed by atoms with Gasteiger partial charge >= 0.3 is 0 Å². The molecule has 1 aromatic carbocycles. The van der Waals surface area contributed by atoms with Crippen LogP contribution in [0.4, 0.5) is 11.4 Å². The van der Waals surface area contributed by atoms with E-state index in [2.05, 4.69) is 11.6 Å². The summed E-state index contributed by atoms with van der Waals surface area (Å²) in [7, 11) is 3.52. The smallest absolute Gasteiger partial charge is 0.253 e. The fourth-order valence-corrected chi connectivity index (χ4v) is 3.61. The minimum absolute atomic E-state index is 0.00341. The van der Waals surface area contributed by atoms with Crippen molar-refractivity contribution < 1.29 is 4.79 Å². The molecule has 0 spiro atoms. The maximum absolute atomic E-state index is 12.1. The highest BCUT2D eigenvalue weighted by atomic mass is 32.2. The van der Waals surface area contributed by atoms with Gasteiger partial charge in [-0.05, 0) is 43.7 Å². The Balaban J connectivity index is 2.12. The van der Waals surface area contributed by atoms with E-state index in [1.165, 1.54) is 19.3 Å². The predicted octanol–water partition coefficient (Wildman–Crippen LogP) is 3.06. The number of nitrogens with one attached hydrogen (secondary N) is 1. The molecule has 1 aliphatic rings. The van der Waals surface area contributed by atoms with Crippen LogP contribution in [0.15, 0.2) is 18.2 Å². The Morgan fingerprint density at radius 1 is 1.38 bits per heavy atom. The molecule has 1 aromatic rings. The number of carbonyl (C=O) groups excluding carboxylic acids is 1. The summed E-state index contributed by atoms with van der Waals surface area (Å²) in [5, 5.41) is 4.26. The number of rotatable bonds is 4. The van der Waals surface area contributed by atoms with Crippen LogP contribution in [0, 0.1) is 0 Å². The van der Waals surface area contributed by atoms with Gasteiger partial charge in [-0.15, -0.1) is 0 Å². The van der Waals surface area contributed by atoms with Crippen molar-refractivity contribution in [3.05, 3.63) is 23.8 Å². The van der Waals surface area contributed by atoms with E-state index in [1.807, 2.05) is 23.9 Å². The second kappa shape index (κ2) is 7.07. The van der Waals surface area contributed by atoms with Gasteiger partial charge in [-0.3, -0.25) is 4.79 Å². The van der Waals surface area contributed by atoms with E-state index in [1.54, 1.807) is 25.1 Å². The molecule has 3 N–H and O–H groups in total. The molecule has 5 heteroatoms. The molecule has 2 unspecified atom stereocenters. The summed E-state index contributed by atoms with van der Waals surface area (Å²) < 4.78 is 0. The summed E-state index contributed by atoms with van der Waals surface area (Å²) in [6, 6.07) is 5.92. The minimum Gasteiger partial charge on any atom is -0.397 e. The standard InChI is InChI=1S/C16H25N3OS/c1-19(2)16(20)11-7-8-14(17)15(9-11)18-12-5-4-6-13(10-12)21-3/h7-9,12-13,18H,4-6,10,17H2,1-3H3. The van der Waals surface area contributed by atoms with Gasteiger partial charge in [0.1, 0.15) is 0 Å². The van der Waals surface area contributed by atoms with E-state index in [0.717, 1.165) is 17.4 Å². The largest absolute Gasteiger partial charge is 0.397 e. The van der Waals surface area contributed by atoms with Crippen molar-refractivity contribution in [2.24, 2.45) is 0 Å². The third kappa shape index (κ3) is 4.06. The molecular weight excluding hydrogens is 282 g/mol. The summed E-state index contributed by atoms with van der Waals surface area (Å²) in [6.07, 6.45) is 7.06. The summed E-state index contributed by atoms with van der Waals surface area (Å²) in [5.41, 5.74) is 8.32. The van der Waals surface area contributed by atoms with Crippen LogP contribution in [0.25, 0.3) is 0 Å². The Labute approximate surface area is 131 Å². The molecule has 116 valence electrons. The maximum atomic E-state index is 12.1. The minimum atomic E-state index is 0.00341. The van der Waals surface area contributed by atoms with Crippen LogP contribution in [-0.4, -0.2) is 42.4 Å². The molecule has 0 radical (unpaired) electrons. The number of carbonyl (C=O) groups is 1. The number of hydrogen-bond donors (Lipinski definition) is 2. The number of benzene rings is 1. The lowest BCUT2D eigenvalue weighted by molar-refractivity contribution is 0.0827. The Morgan fingerprint density at radius 3 is 2.81 bits per heavy atom. The van der Waals surface area contributed by atoms with Gasteiger partial charge in [-0.25, -0.2) is 0 Å². The molecule has 1 amide bonds. The van der Waals surface area contributed by atoms with Gasteiger partial charge in [0.15, 0.2) is 0 Å². The first-order chi connectivity index (χ1) is 10.0. The Bertz CT molecular complexity index is 504. The highest BCUT2D eigenvalue weighted by Gasteiger charge is 2.22. The fraction of sp³-hybridized carbons (Fsp3) is 0.562. The summed E-state index contributed by atoms with van der Waals surface area (Å²) in [4.78, 5) is 13.6. The van der Waals surface area contributed by atoms with Crippen LogP contribution < -0.4 is 11.1 Å². The second-order valence-corrected chi connectivity index (χ2v) is 7.01. The number of nitrogens with two attached hydrogens (primary N) is 1. The zero-order chi connectivity index (χ0) is 15.4. The van der Waals surface area contributed by atoms with E-state index in [-0.39, 0.29) is 5.91 Å². The normalized spacial score (nSPS) is 21.9. The number of nitrogens with zero attached hydrogens (tertiary/aromatic N) is 1. The van der Waals surface area contributed by atoms with Crippen molar-refractivity contribution >= 4 is 29.0 Å².